The van der Waals surface area contributed by atoms with Gasteiger partial charge in [0.2, 0.25) is 0 Å². The smallest absolute Gasteiger partial charge is 0.113 e. The van der Waals surface area contributed by atoms with Gasteiger partial charge in [-0.15, -0.1) is 0 Å². The second-order valence-corrected chi connectivity index (χ2v) is 19.3. The Morgan fingerprint density at radius 2 is 0.741 bits per heavy atom. The van der Waals surface area contributed by atoms with E-state index in [0.29, 0.717) is 0 Å². The number of nitrogens with zero attached hydrogens (tertiary/aromatic N) is 1. The fourth-order valence-electron chi connectivity index (χ4n) is 8.50. The van der Waals surface area contributed by atoms with E-state index in [9.17, 15) is 0 Å². The van der Waals surface area contributed by atoms with Gasteiger partial charge in [-0.25, -0.2) is 0 Å². The van der Waals surface area contributed by atoms with E-state index in [1.54, 1.807) is 0 Å². The van der Waals surface area contributed by atoms with E-state index in [4.69, 9.17) is 0 Å². The first-order chi connectivity index (χ1) is 26.5. The minimum Gasteiger partial charge on any atom is -0.316 e. The monoisotopic (exact) mass is 705 g/mol. The molecule has 0 atom stereocenters. The Balaban J connectivity index is 1.08. The number of hydrogen-bond donors (Lipinski definition) is 0. The topological polar surface area (TPSA) is 4.93 Å². The van der Waals surface area contributed by atoms with Crippen molar-refractivity contribution in [3.63, 3.8) is 0 Å². The second kappa shape index (κ2) is 12.9. The summed E-state index contributed by atoms with van der Waals surface area (Å²) in [6, 6.07) is 71.3. The number of fused-ring (bicyclic) bond motifs is 4. The number of benzene rings is 8. The molecular formula is C52H39NSi. The molecule has 9 aromatic rings. The molecule has 2 heteroatoms. The van der Waals surface area contributed by atoms with Crippen molar-refractivity contribution in [3.05, 3.63) is 200 Å². The van der Waals surface area contributed by atoms with Gasteiger partial charge in [0.15, 0.2) is 0 Å². The summed E-state index contributed by atoms with van der Waals surface area (Å²) in [4.78, 5) is 0. The predicted molar refractivity (Wildman–Crippen MR) is 233 cm³/mol. The molecule has 1 nitrogen and oxygen atoms in total. The van der Waals surface area contributed by atoms with Crippen LogP contribution in [-0.2, 0) is 0 Å². The Bertz CT molecular complexity index is 2800. The van der Waals surface area contributed by atoms with Crippen molar-refractivity contribution in [1.29, 1.82) is 0 Å². The fraction of sp³-hybridized carbons (Fsp3) is 0.0385. The quantitative estimate of drug-likeness (QED) is 0.152. The second-order valence-electron chi connectivity index (χ2n) is 15.0. The van der Waals surface area contributed by atoms with Gasteiger partial charge in [0.05, 0.1) is 5.52 Å². The van der Waals surface area contributed by atoms with Gasteiger partial charge in [-0.2, -0.15) is 0 Å². The third-order valence-electron chi connectivity index (χ3n) is 11.5. The first-order valence-corrected chi connectivity index (χ1v) is 21.8. The van der Waals surface area contributed by atoms with E-state index >= 15 is 0 Å². The molecule has 1 aliphatic heterocycles. The predicted octanol–water partition coefficient (Wildman–Crippen LogP) is 12.8. The Morgan fingerprint density at radius 3 is 1.31 bits per heavy atom. The molecule has 0 saturated heterocycles. The average molecular weight is 706 g/mol. The summed E-state index contributed by atoms with van der Waals surface area (Å²) in [5.74, 6) is 0. The molecule has 256 valence electrons. The van der Waals surface area contributed by atoms with Crippen LogP contribution in [0.15, 0.2) is 200 Å². The summed E-state index contributed by atoms with van der Waals surface area (Å²) in [7, 11) is -1.97. The van der Waals surface area contributed by atoms with Gasteiger partial charge >= 0.3 is 0 Å². The molecule has 8 aromatic carbocycles. The number of rotatable bonds is 6. The summed E-state index contributed by atoms with van der Waals surface area (Å²) in [5.41, 5.74) is 17.6. The van der Waals surface area contributed by atoms with Crippen molar-refractivity contribution >= 4 is 29.4 Å². The highest BCUT2D eigenvalue weighted by Gasteiger charge is 2.38. The largest absolute Gasteiger partial charge is 0.316 e. The number of hydrogen-bond acceptors (Lipinski definition) is 0. The van der Waals surface area contributed by atoms with Gasteiger partial charge in [0.25, 0.3) is 0 Å². The molecule has 54 heavy (non-hydrogen) atoms. The molecule has 0 fully saturated rings. The molecular weight excluding hydrogens is 667 g/mol. The van der Waals surface area contributed by atoms with Crippen LogP contribution in [0.2, 0.25) is 13.1 Å². The first kappa shape index (κ1) is 32.2. The highest BCUT2D eigenvalue weighted by Crippen LogP contribution is 2.38. The molecule has 0 N–H and O–H groups in total. The van der Waals surface area contributed by atoms with Crippen LogP contribution in [0.5, 0.6) is 0 Å². The summed E-state index contributed by atoms with van der Waals surface area (Å²) >= 11 is 0. The summed E-state index contributed by atoms with van der Waals surface area (Å²) in [6.45, 7) is 5.03. The van der Waals surface area contributed by atoms with Gasteiger partial charge in [0, 0.05) is 22.8 Å². The summed E-state index contributed by atoms with van der Waals surface area (Å²) in [6.07, 6.45) is 2.36. The van der Waals surface area contributed by atoms with E-state index in [1.165, 1.54) is 93.7 Å². The zero-order valence-electron chi connectivity index (χ0n) is 30.5. The standard InChI is InChI=1S/C52H39NSi/c1-54(2)51-33-44(38-16-10-5-11-17-38)26-29-46(51)47-30-28-45(34-52(47)54)53-35-49(42-24-22-40(23-25-42)37-14-8-4-9-15-37)48-32-43(27-31-50(48)53)41-20-18-39(19-21-41)36-12-6-3-7-13-36/h3-35H,1-2H3. The van der Waals surface area contributed by atoms with Crippen molar-refractivity contribution in [2.24, 2.45) is 0 Å². The normalized spacial score (nSPS) is 12.8. The van der Waals surface area contributed by atoms with Crippen molar-refractivity contribution in [3.8, 4) is 72.4 Å². The van der Waals surface area contributed by atoms with Crippen LogP contribution in [0.3, 0.4) is 0 Å². The Hall–Kier alpha value is -6.48. The molecule has 0 unspecified atom stereocenters. The van der Waals surface area contributed by atoms with Crippen LogP contribution in [-0.4, -0.2) is 12.6 Å². The maximum atomic E-state index is 2.51. The zero-order chi connectivity index (χ0) is 36.2. The maximum Gasteiger partial charge on any atom is 0.113 e. The van der Waals surface area contributed by atoms with Crippen LogP contribution in [0.25, 0.3) is 83.4 Å². The lowest BCUT2D eigenvalue weighted by Crippen LogP contribution is -2.49. The van der Waals surface area contributed by atoms with Crippen LogP contribution in [0.4, 0.5) is 0 Å². The Morgan fingerprint density at radius 1 is 0.333 bits per heavy atom. The molecule has 0 radical (unpaired) electrons. The van der Waals surface area contributed by atoms with E-state index < -0.39 is 8.07 Å². The van der Waals surface area contributed by atoms with E-state index in [-0.39, 0.29) is 0 Å². The third kappa shape index (κ3) is 5.46. The lowest BCUT2D eigenvalue weighted by molar-refractivity contribution is 1.13. The molecule has 0 bridgehead atoms. The SMILES string of the molecule is C[Si]1(C)c2cc(-c3ccccc3)ccc2-c2ccc(-n3cc(-c4ccc(-c5ccccc5)cc4)c4cc(-c5ccc(-c6ccccc6)cc5)ccc43)cc21. The maximum absolute atomic E-state index is 2.51. The molecule has 1 aliphatic rings. The minimum atomic E-state index is -1.97. The average Bonchev–Trinajstić information content (AvgIpc) is 3.73. The highest BCUT2D eigenvalue weighted by molar-refractivity contribution is 7.03. The van der Waals surface area contributed by atoms with Crippen molar-refractivity contribution in [2.75, 3.05) is 0 Å². The minimum absolute atomic E-state index is 1.21. The van der Waals surface area contributed by atoms with Gasteiger partial charge < -0.3 is 4.57 Å². The van der Waals surface area contributed by atoms with Gasteiger partial charge in [-0.3, -0.25) is 0 Å². The lowest BCUT2D eigenvalue weighted by Gasteiger charge is -2.20. The molecule has 0 amide bonds. The summed E-state index contributed by atoms with van der Waals surface area (Å²) in [5, 5.41) is 4.28. The molecule has 0 aliphatic carbocycles. The lowest BCUT2D eigenvalue weighted by atomic mass is 9.97. The van der Waals surface area contributed by atoms with E-state index in [1.807, 2.05) is 0 Å². The van der Waals surface area contributed by atoms with Crippen molar-refractivity contribution in [2.45, 2.75) is 13.1 Å². The van der Waals surface area contributed by atoms with Crippen molar-refractivity contribution < 1.29 is 0 Å². The Kier molecular flexibility index (Phi) is 7.67. The van der Waals surface area contributed by atoms with Gasteiger partial charge in [-0.1, -0.05) is 183 Å². The zero-order valence-corrected chi connectivity index (χ0v) is 31.5. The van der Waals surface area contributed by atoms with E-state index in [0.717, 1.165) is 0 Å². The summed E-state index contributed by atoms with van der Waals surface area (Å²) < 4.78 is 2.42. The molecule has 0 saturated carbocycles. The molecule has 1 aromatic heterocycles. The van der Waals surface area contributed by atoms with Gasteiger partial charge in [-0.05, 0) is 95.8 Å². The molecule has 10 rings (SSSR count). The van der Waals surface area contributed by atoms with Crippen molar-refractivity contribution in [1.82, 2.24) is 4.57 Å². The van der Waals surface area contributed by atoms with E-state index in [2.05, 4.69) is 218 Å². The molecule has 2 heterocycles. The highest BCUT2D eigenvalue weighted by atomic mass is 28.3. The molecule has 0 spiro atoms. The van der Waals surface area contributed by atoms with Crippen LogP contribution in [0.1, 0.15) is 0 Å². The van der Waals surface area contributed by atoms with Crippen LogP contribution in [0, 0.1) is 0 Å². The van der Waals surface area contributed by atoms with Gasteiger partial charge in [0.1, 0.15) is 8.07 Å². The Labute approximate surface area is 318 Å². The van der Waals surface area contributed by atoms with Crippen LogP contribution >= 0.6 is 0 Å². The van der Waals surface area contributed by atoms with Crippen LogP contribution < -0.4 is 10.4 Å². The number of aromatic nitrogens is 1. The fourth-order valence-corrected chi connectivity index (χ4v) is 11.6. The first-order valence-electron chi connectivity index (χ1n) is 18.8. The third-order valence-corrected chi connectivity index (χ3v) is 15.0.